The minimum atomic E-state index is -0.0301. The Hall–Kier alpha value is -10.0. The van der Waals surface area contributed by atoms with E-state index in [0.717, 1.165) is 22.5 Å². The fraction of sp³-hybridized carbons (Fsp3) is 0.178. The average molecular weight is 1190 g/mol. The smallest absolute Gasteiger partial charge is 0.0541 e. The van der Waals surface area contributed by atoms with Gasteiger partial charge in [0, 0.05) is 32.9 Å². The van der Waals surface area contributed by atoms with Crippen LogP contribution in [0.3, 0.4) is 0 Å². The SMILES string of the molecule is CC(C)(C)c1ccc2c(c1)c1cc(C(C)(C)C)ccc1n2-c1ccc2c(-c3cc(-c4ccccc4)cc(-c4ccccc4)c3)c3cc(-n4c5ccc(C(C)(C)C)cc5c5cc(C(C)(C)C)ccc54)ccc3c(-c3cc(-c4ccccc4)cc(-c4ccccc4)c3)c2c1. The monoisotopic (exact) mass is 1190 g/mol. The summed E-state index contributed by atoms with van der Waals surface area (Å²) in [6, 6.07) is 102. The summed E-state index contributed by atoms with van der Waals surface area (Å²) in [5.74, 6) is 0. The highest BCUT2D eigenvalue weighted by molar-refractivity contribution is 6.23. The van der Waals surface area contributed by atoms with Crippen LogP contribution in [0.15, 0.2) is 267 Å². The highest BCUT2D eigenvalue weighted by Gasteiger charge is 2.27. The Labute approximate surface area is 543 Å². The average Bonchev–Trinajstić information content (AvgIpc) is 1.27. The molecule has 0 unspecified atom stereocenters. The van der Waals surface area contributed by atoms with Crippen molar-refractivity contribution < 1.29 is 0 Å². The number of benzene rings is 13. The van der Waals surface area contributed by atoms with Gasteiger partial charge in [-0.3, -0.25) is 0 Å². The number of nitrogens with zero attached hydrogens (tertiary/aromatic N) is 2. The van der Waals surface area contributed by atoms with Crippen molar-refractivity contribution >= 4 is 65.2 Å². The van der Waals surface area contributed by atoms with Crippen molar-refractivity contribution in [2.75, 3.05) is 0 Å². The van der Waals surface area contributed by atoms with Crippen LogP contribution in [0.5, 0.6) is 0 Å². The van der Waals surface area contributed by atoms with Gasteiger partial charge in [0.1, 0.15) is 0 Å². The molecule has 0 fully saturated rings. The van der Waals surface area contributed by atoms with Crippen molar-refractivity contribution in [2.45, 2.75) is 105 Å². The fourth-order valence-electron chi connectivity index (χ4n) is 14.3. The molecule has 0 spiro atoms. The van der Waals surface area contributed by atoms with Gasteiger partial charge in [-0.05, 0) is 241 Å². The second-order valence-electron chi connectivity index (χ2n) is 29.9. The number of rotatable bonds is 8. The summed E-state index contributed by atoms with van der Waals surface area (Å²) in [4.78, 5) is 0. The van der Waals surface area contributed by atoms with Gasteiger partial charge in [-0.1, -0.05) is 241 Å². The van der Waals surface area contributed by atoms with Gasteiger partial charge in [0.2, 0.25) is 0 Å². The Kier molecular flexibility index (Phi) is 13.9. The van der Waals surface area contributed by atoms with Gasteiger partial charge in [0.05, 0.1) is 22.1 Å². The summed E-state index contributed by atoms with van der Waals surface area (Å²) in [5.41, 5.74) is 26.3. The first-order chi connectivity index (χ1) is 44.1. The van der Waals surface area contributed by atoms with Crippen molar-refractivity contribution in [1.82, 2.24) is 9.13 Å². The first-order valence-electron chi connectivity index (χ1n) is 32.9. The van der Waals surface area contributed by atoms with E-state index < -0.39 is 0 Å². The van der Waals surface area contributed by atoms with Crippen molar-refractivity contribution in [3.63, 3.8) is 0 Å². The molecule has 15 rings (SSSR count). The Bertz CT molecular complexity index is 4780. The van der Waals surface area contributed by atoms with Crippen LogP contribution >= 0.6 is 0 Å². The molecular weight excluding hydrogens is 1110 g/mol. The van der Waals surface area contributed by atoms with Crippen molar-refractivity contribution in [2.24, 2.45) is 0 Å². The minimum absolute atomic E-state index is 0.0301. The zero-order chi connectivity index (χ0) is 63.6. The predicted octanol–water partition coefficient (Wildman–Crippen LogP) is 25.4. The minimum Gasteiger partial charge on any atom is -0.309 e. The summed E-state index contributed by atoms with van der Waals surface area (Å²) in [7, 11) is 0. The van der Waals surface area contributed by atoms with Gasteiger partial charge >= 0.3 is 0 Å². The lowest BCUT2D eigenvalue weighted by Gasteiger charge is -2.22. The lowest BCUT2D eigenvalue weighted by Crippen LogP contribution is -2.10. The van der Waals surface area contributed by atoms with Gasteiger partial charge in [-0.25, -0.2) is 0 Å². The summed E-state index contributed by atoms with van der Waals surface area (Å²) < 4.78 is 5.08. The van der Waals surface area contributed by atoms with Crippen molar-refractivity contribution in [3.05, 3.63) is 289 Å². The molecule has 0 aliphatic heterocycles. The zero-order valence-electron chi connectivity index (χ0n) is 55.3. The van der Waals surface area contributed by atoms with Crippen LogP contribution in [-0.2, 0) is 21.7 Å². The Morgan fingerprint density at radius 3 is 0.663 bits per heavy atom. The number of hydrogen-bond acceptors (Lipinski definition) is 0. The first kappa shape index (κ1) is 58.4. The molecule has 450 valence electrons. The zero-order valence-corrected chi connectivity index (χ0v) is 55.3. The summed E-state index contributed by atoms with van der Waals surface area (Å²) in [6.45, 7) is 27.9. The molecule has 0 N–H and O–H groups in total. The summed E-state index contributed by atoms with van der Waals surface area (Å²) in [5, 5.41) is 9.82. The topological polar surface area (TPSA) is 9.86 Å². The molecule has 13 aromatic carbocycles. The highest BCUT2D eigenvalue weighted by Crippen LogP contribution is 2.50. The quantitative estimate of drug-likeness (QED) is 0.134. The van der Waals surface area contributed by atoms with Crippen LogP contribution in [0, 0.1) is 0 Å². The molecule has 0 bridgehead atoms. The second-order valence-corrected chi connectivity index (χ2v) is 29.9. The van der Waals surface area contributed by atoms with Crippen LogP contribution in [-0.4, -0.2) is 9.13 Å². The molecular formula is C90H80N2. The Morgan fingerprint density at radius 1 is 0.185 bits per heavy atom. The molecule has 2 heterocycles. The van der Waals surface area contributed by atoms with Gasteiger partial charge in [-0.15, -0.1) is 0 Å². The van der Waals surface area contributed by atoms with Crippen LogP contribution in [0.4, 0.5) is 0 Å². The number of aromatic nitrogens is 2. The maximum Gasteiger partial charge on any atom is 0.0541 e. The largest absolute Gasteiger partial charge is 0.309 e. The van der Waals surface area contributed by atoms with E-state index in [4.69, 9.17) is 0 Å². The highest BCUT2D eigenvalue weighted by atomic mass is 15.0. The third-order valence-corrected chi connectivity index (χ3v) is 19.5. The predicted molar refractivity (Wildman–Crippen MR) is 398 cm³/mol. The van der Waals surface area contributed by atoms with Gasteiger partial charge in [-0.2, -0.15) is 0 Å². The summed E-state index contributed by atoms with van der Waals surface area (Å²) in [6.07, 6.45) is 0. The lowest BCUT2D eigenvalue weighted by molar-refractivity contribution is 0.590. The Morgan fingerprint density at radius 2 is 0.424 bits per heavy atom. The maximum absolute atomic E-state index is 2.54. The third kappa shape index (κ3) is 10.3. The Balaban J connectivity index is 1.12. The molecule has 0 aliphatic carbocycles. The molecule has 0 saturated heterocycles. The normalized spacial score (nSPS) is 12.6. The molecule has 0 saturated carbocycles. The van der Waals surface area contributed by atoms with Gasteiger partial charge < -0.3 is 9.13 Å². The van der Waals surface area contributed by atoms with Crippen LogP contribution in [0.2, 0.25) is 0 Å². The lowest BCUT2D eigenvalue weighted by atomic mass is 9.83. The second kappa shape index (κ2) is 21.8. The molecule has 0 aliphatic rings. The number of fused-ring (bicyclic) bond motifs is 8. The summed E-state index contributed by atoms with van der Waals surface area (Å²) >= 11 is 0. The fourth-order valence-corrected chi connectivity index (χ4v) is 14.3. The van der Waals surface area contributed by atoms with Crippen LogP contribution in [0.25, 0.3) is 143 Å². The van der Waals surface area contributed by atoms with Crippen molar-refractivity contribution in [1.29, 1.82) is 0 Å². The molecule has 15 aromatic rings. The van der Waals surface area contributed by atoms with Gasteiger partial charge in [0.15, 0.2) is 0 Å². The standard InChI is InChI=1S/C90H80N2/c1-87(2,3)67-33-41-81-75(51-67)76-52-68(88(4,5)6)34-42-82(76)91(81)71-37-39-73-79(55-71)85(65-47-61(57-25-17-13-18-26-57)45-62(48-65)58-27-19-14-20-28-58)74-40-38-72(92-83-43-35-69(89(7,8)9)53-77(83)78-54-70(90(10,11)12)36-44-84(78)92)56-80(74)86(73)66-49-63(59-29-21-15-22-30-59)46-64(50-66)60-31-23-16-24-32-60/h13-56H,1-12H3. The van der Waals surface area contributed by atoms with Gasteiger partial charge in [0.25, 0.3) is 0 Å². The van der Waals surface area contributed by atoms with E-state index in [-0.39, 0.29) is 21.7 Å². The molecule has 2 heteroatoms. The van der Waals surface area contributed by atoms with Crippen molar-refractivity contribution in [3.8, 4) is 78.1 Å². The van der Waals surface area contributed by atoms with E-state index in [1.807, 2.05) is 0 Å². The first-order valence-corrected chi connectivity index (χ1v) is 32.9. The third-order valence-electron chi connectivity index (χ3n) is 19.5. The molecule has 92 heavy (non-hydrogen) atoms. The van der Waals surface area contributed by atoms with E-state index in [2.05, 4.69) is 359 Å². The molecule has 2 nitrogen and oxygen atoms in total. The number of hydrogen-bond donors (Lipinski definition) is 0. The molecule has 0 radical (unpaired) electrons. The molecule has 0 amide bonds. The van der Waals surface area contributed by atoms with E-state index >= 15 is 0 Å². The van der Waals surface area contributed by atoms with E-state index in [1.165, 1.54) is 143 Å². The van der Waals surface area contributed by atoms with E-state index in [1.54, 1.807) is 0 Å². The van der Waals surface area contributed by atoms with Crippen LogP contribution < -0.4 is 0 Å². The molecule has 0 atom stereocenters. The maximum atomic E-state index is 2.54. The molecule has 2 aromatic heterocycles. The van der Waals surface area contributed by atoms with E-state index in [0.29, 0.717) is 0 Å². The van der Waals surface area contributed by atoms with Crippen LogP contribution in [0.1, 0.15) is 105 Å². The van der Waals surface area contributed by atoms with E-state index in [9.17, 15) is 0 Å².